The molecule has 3 aromatic rings. The number of carbonyl (C=O) groups excluding carboxylic acids is 1. The number of nitrogens with one attached hydrogen (secondary N) is 1. The molecule has 5 nitrogen and oxygen atoms in total. The van der Waals surface area contributed by atoms with E-state index in [-0.39, 0.29) is 23.6 Å². The van der Waals surface area contributed by atoms with Gasteiger partial charge in [0, 0.05) is 0 Å². The molecule has 0 amide bonds. The third-order valence-electron chi connectivity index (χ3n) is 3.13. The van der Waals surface area contributed by atoms with Crippen molar-refractivity contribution in [2.24, 2.45) is 0 Å². The molecule has 2 heterocycles. The lowest BCUT2D eigenvalue weighted by atomic mass is 10.1. The van der Waals surface area contributed by atoms with Crippen molar-refractivity contribution in [3.63, 3.8) is 0 Å². The number of hydrogen-bond acceptors (Lipinski definition) is 5. The first-order chi connectivity index (χ1) is 11.3. The highest BCUT2D eigenvalue weighted by atomic mass is 32.1. The maximum absolute atomic E-state index is 12.6. The fourth-order valence-corrected chi connectivity index (χ4v) is 2.76. The number of esters is 1. The number of aromatic nitrogens is 2. The first-order valence-electron chi connectivity index (χ1n) is 6.65. The summed E-state index contributed by atoms with van der Waals surface area (Å²) in [7, 11) is 0. The molecule has 24 heavy (non-hydrogen) atoms. The van der Waals surface area contributed by atoms with Crippen molar-refractivity contribution < 1.29 is 22.7 Å². The first-order valence-corrected chi connectivity index (χ1v) is 7.53. The van der Waals surface area contributed by atoms with Crippen molar-refractivity contribution in [1.82, 2.24) is 9.97 Å². The number of H-pyrrole nitrogens is 1. The minimum atomic E-state index is -4.55. The van der Waals surface area contributed by atoms with E-state index in [1.165, 1.54) is 17.4 Å². The minimum absolute atomic E-state index is 0.117. The van der Waals surface area contributed by atoms with E-state index in [1.54, 1.807) is 11.4 Å². The number of halogens is 3. The number of thiophene rings is 1. The second-order valence-corrected chi connectivity index (χ2v) is 5.72. The van der Waals surface area contributed by atoms with E-state index in [4.69, 9.17) is 4.74 Å². The van der Waals surface area contributed by atoms with Crippen LogP contribution in [-0.4, -0.2) is 15.9 Å². The Morgan fingerprint density at radius 3 is 2.83 bits per heavy atom. The van der Waals surface area contributed by atoms with E-state index in [1.807, 2.05) is 0 Å². The number of alkyl halides is 3. The van der Waals surface area contributed by atoms with E-state index in [0.717, 1.165) is 12.1 Å². The first kappa shape index (κ1) is 16.2. The van der Waals surface area contributed by atoms with Gasteiger partial charge in [0.05, 0.1) is 16.6 Å². The molecule has 2 aromatic heterocycles. The van der Waals surface area contributed by atoms with E-state index in [0.29, 0.717) is 16.3 Å². The number of aromatic amines is 1. The lowest BCUT2D eigenvalue weighted by Gasteiger charge is -2.08. The molecular formula is C15H9F3N2O3S. The summed E-state index contributed by atoms with van der Waals surface area (Å²) in [4.78, 5) is 30.2. The molecule has 0 aliphatic rings. The lowest BCUT2D eigenvalue weighted by Crippen LogP contribution is -2.14. The van der Waals surface area contributed by atoms with Crippen molar-refractivity contribution in [2.45, 2.75) is 12.8 Å². The van der Waals surface area contributed by atoms with Gasteiger partial charge in [-0.05, 0) is 29.6 Å². The van der Waals surface area contributed by atoms with Gasteiger partial charge in [-0.15, -0.1) is 11.3 Å². The average Bonchev–Trinajstić information content (AvgIpc) is 3.01. The number of nitrogens with zero attached hydrogens (tertiary/aromatic N) is 1. The van der Waals surface area contributed by atoms with Crippen LogP contribution in [0.15, 0.2) is 40.5 Å². The average molecular weight is 354 g/mol. The predicted molar refractivity (Wildman–Crippen MR) is 80.8 cm³/mol. The maximum atomic E-state index is 12.6. The van der Waals surface area contributed by atoms with Gasteiger partial charge >= 0.3 is 12.1 Å². The monoisotopic (exact) mass is 354 g/mol. The maximum Gasteiger partial charge on any atom is 0.416 e. The summed E-state index contributed by atoms with van der Waals surface area (Å²) in [6.45, 7) is -0.351. The number of hydrogen-bond donors (Lipinski definition) is 1. The second-order valence-electron chi connectivity index (χ2n) is 4.80. The summed E-state index contributed by atoms with van der Waals surface area (Å²) >= 11 is 1.23. The van der Waals surface area contributed by atoms with Crippen molar-refractivity contribution >= 4 is 27.5 Å². The number of rotatable bonds is 3. The highest BCUT2D eigenvalue weighted by molar-refractivity contribution is 7.17. The topological polar surface area (TPSA) is 72.0 Å². The number of carbonyl (C=O) groups is 1. The third kappa shape index (κ3) is 3.30. The van der Waals surface area contributed by atoms with Crippen LogP contribution in [0.1, 0.15) is 21.7 Å². The summed E-state index contributed by atoms with van der Waals surface area (Å²) in [6.07, 6.45) is -4.55. The van der Waals surface area contributed by atoms with Gasteiger partial charge in [-0.2, -0.15) is 13.2 Å². The zero-order chi connectivity index (χ0) is 17.3. The molecule has 0 fully saturated rings. The smallest absolute Gasteiger partial charge is 0.416 e. The molecule has 0 atom stereocenters. The minimum Gasteiger partial charge on any atom is -0.454 e. The van der Waals surface area contributed by atoms with Crippen molar-refractivity contribution in [2.75, 3.05) is 0 Å². The quantitative estimate of drug-likeness (QED) is 0.732. The Bertz CT molecular complexity index is 962. The van der Waals surface area contributed by atoms with Gasteiger partial charge in [-0.1, -0.05) is 6.07 Å². The summed E-state index contributed by atoms with van der Waals surface area (Å²) in [6, 6.07) is 5.56. The molecule has 0 saturated heterocycles. The molecule has 0 spiro atoms. The van der Waals surface area contributed by atoms with Crippen LogP contribution in [0.5, 0.6) is 0 Å². The highest BCUT2D eigenvalue weighted by Gasteiger charge is 2.31. The van der Waals surface area contributed by atoms with Crippen LogP contribution in [0, 0.1) is 0 Å². The summed E-state index contributed by atoms with van der Waals surface area (Å²) in [5.74, 6) is -0.819. The Hall–Kier alpha value is -2.68. The van der Waals surface area contributed by atoms with Crippen LogP contribution in [0.2, 0.25) is 0 Å². The van der Waals surface area contributed by atoms with Crippen LogP contribution < -0.4 is 5.56 Å². The summed E-state index contributed by atoms with van der Waals surface area (Å²) in [5, 5.41) is 1.70. The van der Waals surface area contributed by atoms with Gasteiger partial charge in [0.25, 0.3) is 5.56 Å². The van der Waals surface area contributed by atoms with Crippen molar-refractivity contribution in [3.8, 4) is 0 Å². The predicted octanol–water partition coefficient (Wildman–Crippen LogP) is 3.36. The molecule has 0 saturated carbocycles. The van der Waals surface area contributed by atoms with Crippen molar-refractivity contribution in [3.05, 3.63) is 63.0 Å². The molecule has 1 N–H and O–H groups in total. The van der Waals surface area contributed by atoms with E-state index < -0.39 is 17.7 Å². The zero-order valence-corrected chi connectivity index (χ0v) is 12.7. The molecule has 3 rings (SSSR count). The summed E-state index contributed by atoms with van der Waals surface area (Å²) < 4.78 is 43.3. The number of ether oxygens (including phenoxy) is 1. The van der Waals surface area contributed by atoms with Crippen LogP contribution in [0.25, 0.3) is 10.2 Å². The standard InChI is InChI=1S/C15H9F3N2O3S/c16-15(17,18)9-3-1-2-8(6-9)14(22)23-7-11-19-10-4-5-24-12(10)13(21)20-11/h1-6H,7H2,(H,19,20,21). The molecule has 1 aromatic carbocycles. The van der Waals surface area contributed by atoms with Gasteiger partial charge in [0.1, 0.15) is 17.1 Å². The number of fused-ring (bicyclic) bond motifs is 1. The van der Waals surface area contributed by atoms with Crippen LogP contribution in [0.3, 0.4) is 0 Å². The lowest BCUT2D eigenvalue weighted by molar-refractivity contribution is -0.137. The second kappa shape index (κ2) is 6.08. The highest BCUT2D eigenvalue weighted by Crippen LogP contribution is 2.29. The van der Waals surface area contributed by atoms with Gasteiger partial charge in [0.15, 0.2) is 0 Å². The van der Waals surface area contributed by atoms with E-state index in [9.17, 15) is 22.8 Å². The SMILES string of the molecule is O=C(OCc1nc2ccsc2c(=O)[nH]1)c1cccc(C(F)(F)F)c1. The van der Waals surface area contributed by atoms with Crippen LogP contribution >= 0.6 is 11.3 Å². The molecule has 0 radical (unpaired) electrons. The zero-order valence-electron chi connectivity index (χ0n) is 11.9. The molecule has 124 valence electrons. The Labute approximate surface area is 136 Å². The van der Waals surface area contributed by atoms with Gasteiger partial charge in [0.2, 0.25) is 0 Å². The summed E-state index contributed by atoms with van der Waals surface area (Å²) in [5.41, 5.74) is -1.07. The largest absolute Gasteiger partial charge is 0.454 e. The molecule has 0 unspecified atom stereocenters. The molecule has 0 aliphatic heterocycles. The van der Waals surface area contributed by atoms with E-state index >= 15 is 0 Å². The van der Waals surface area contributed by atoms with Gasteiger partial charge in [-0.25, -0.2) is 9.78 Å². The van der Waals surface area contributed by atoms with Crippen LogP contribution in [0.4, 0.5) is 13.2 Å². The normalized spacial score (nSPS) is 11.6. The fraction of sp³-hybridized carbons (Fsp3) is 0.133. The molecule has 9 heteroatoms. The fourth-order valence-electron chi connectivity index (χ4n) is 2.03. The van der Waals surface area contributed by atoms with E-state index in [2.05, 4.69) is 9.97 Å². The van der Waals surface area contributed by atoms with Crippen molar-refractivity contribution in [1.29, 1.82) is 0 Å². The van der Waals surface area contributed by atoms with Gasteiger partial charge < -0.3 is 9.72 Å². The Balaban J connectivity index is 1.76. The Morgan fingerprint density at radius 2 is 2.08 bits per heavy atom. The molecule has 0 aliphatic carbocycles. The Kier molecular flexibility index (Phi) is 4.10. The third-order valence-corrected chi connectivity index (χ3v) is 4.03. The van der Waals surface area contributed by atoms with Gasteiger partial charge in [-0.3, -0.25) is 4.79 Å². The number of benzene rings is 1. The Morgan fingerprint density at radius 1 is 1.29 bits per heavy atom. The molecular weight excluding hydrogens is 345 g/mol. The van der Waals surface area contributed by atoms with Crippen LogP contribution in [-0.2, 0) is 17.5 Å². The molecule has 0 bridgehead atoms.